The van der Waals surface area contributed by atoms with Gasteiger partial charge in [0.05, 0.1) is 12.7 Å². The van der Waals surface area contributed by atoms with E-state index < -0.39 is 11.7 Å². The smallest absolute Gasteiger partial charge is 0.147 e. The number of fused-ring (bicyclic) bond motifs is 2. The molecule has 2 aromatic rings. The number of rotatable bonds is 5. The predicted molar refractivity (Wildman–Crippen MR) is 105 cm³/mol. The first-order valence-corrected chi connectivity index (χ1v) is 9.79. The van der Waals surface area contributed by atoms with Crippen molar-refractivity contribution in [2.75, 3.05) is 13.2 Å². The summed E-state index contributed by atoms with van der Waals surface area (Å²) in [5, 5.41) is 30.8. The van der Waals surface area contributed by atoms with Crippen LogP contribution in [0, 0.1) is 5.92 Å². The highest BCUT2D eigenvalue weighted by Crippen LogP contribution is 2.41. The quantitative estimate of drug-likeness (QED) is 0.625. The summed E-state index contributed by atoms with van der Waals surface area (Å²) in [4.78, 5) is 0. The lowest BCUT2D eigenvalue weighted by molar-refractivity contribution is -0.0722. The molecule has 2 aliphatic rings. The van der Waals surface area contributed by atoms with Gasteiger partial charge in [0, 0.05) is 12.5 Å². The van der Waals surface area contributed by atoms with E-state index in [1.54, 1.807) is 18.2 Å². The number of aromatic hydroxyl groups is 1. The minimum Gasteiger partial charge on any atom is -0.508 e. The minimum absolute atomic E-state index is 0.134. The van der Waals surface area contributed by atoms with Crippen LogP contribution in [0.3, 0.4) is 0 Å². The number of phenols is 1. The first kappa shape index (κ1) is 19.1. The predicted octanol–water partition coefficient (Wildman–Crippen LogP) is 1.78. The van der Waals surface area contributed by atoms with Crippen molar-refractivity contribution in [1.82, 2.24) is 0 Å². The molecule has 4 atom stereocenters. The molecule has 4 rings (SSSR count). The molecule has 150 valence electrons. The number of aliphatic hydroxyl groups is 2. The average Bonchev–Trinajstić information content (AvgIpc) is 2.73. The average molecular weight is 385 g/mol. The molecule has 0 saturated carbocycles. The number of aliphatic hydroxyl groups excluding tert-OH is 2. The van der Waals surface area contributed by atoms with E-state index in [-0.39, 0.29) is 30.9 Å². The number of phenolic OH excluding ortho intramolecular Hbond substituents is 1. The first-order chi connectivity index (χ1) is 13.5. The van der Waals surface area contributed by atoms with Crippen molar-refractivity contribution in [3.8, 4) is 17.2 Å². The van der Waals surface area contributed by atoms with Gasteiger partial charge in [-0.05, 0) is 61.1 Å². The summed E-state index contributed by atoms with van der Waals surface area (Å²) < 4.78 is 12.1. The van der Waals surface area contributed by atoms with Crippen LogP contribution in [-0.4, -0.2) is 46.3 Å². The summed E-state index contributed by atoms with van der Waals surface area (Å²) >= 11 is 0. The Morgan fingerprint density at radius 3 is 2.75 bits per heavy atom. The van der Waals surface area contributed by atoms with Crippen molar-refractivity contribution < 1.29 is 24.8 Å². The zero-order valence-corrected chi connectivity index (χ0v) is 15.8. The van der Waals surface area contributed by atoms with Gasteiger partial charge in [-0.3, -0.25) is 0 Å². The van der Waals surface area contributed by atoms with Crippen molar-refractivity contribution in [2.45, 2.75) is 43.5 Å². The number of para-hydroxylation sites is 1. The molecule has 0 amide bonds. The monoisotopic (exact) mass is 385 g/mol. The molecule has 5 N–H and O–H groups in total. The third-order valence-electron chi connectivity index (χ3n) is 6.09. The van der Waals surface area contributed by atoms with Crippen molar-refractivity contribution in [3.05, 3.63) is 53.6 Å². The third-order valence-corrected chi connectivity index (χ3v) is 6.09. The molecule has 0 aliphatic carbocycles. The summed E-state index contributed by atoms with van der Waals surface area (Å²) in [7, 11) is 0. The van der Waals surface area contributed by atoms with Gasteiger partial charge in [-0.25, -0.2) is 0 Å². The number of nitrogens with two attached hydrogens (primary N) is 1. The normalized spacial score (nSPS) is 27.1. The molecular formula is C22H27NO5. The summed E-state index contributed by atoms with van der Waals surface area (Å²) in [6, 6.07) is 12.8. The zero-order chi connectivity index (χ0) is 19.7. The maximum Gasteiger partial charge on any atom is 0.147 e. The second-order valence-corrected chi connectivity index (χ2v) is 7.83. The van der Waals surface area contributed by atoms with E-state index in [9.17, 15) is 15.3 Å². The molecule has 0 spiro atoms. The highest BCUT2D eigenvalue weighted by Gasteiger charge is 2.45. The lowest BCUT2D eigenvalue weighted by atomic mass is 9.76. The lowest BCUT2D eigenvalue weighted by Gasteiger charge is -2.44. The standard InChI is InChI=1S/C22H27NO5/c23-12-22(13-24)16(9-15-10-17(25)6-8-20(15)28-22)11-18(26)21-7-5-14-3-1-2-4-19(14)27-21/h1-4,6,8,10,16,18,21,24-26H,5,7,9,11-13,23H2. The molecule has 6 heteroatoms. The Balaban J connectivity index is 1.53. The molecule has 0 radical (unpaired) electrons. The fraction of sp³-hybridized carbons (Fsp3) is 0.455. The summed E-state index contributed by atoms with van der Waals surface area (Å²) in [6.45, 7) is -0.106. The van der Waals surface area contributed by atoms with Gasteiger partial charge in [0.15, 0.2) is 0 Å². The molecule has 0 fully saturated rings. The van der Waals surface area contributed by atoms with E-state index in [1.165, 1.54) is 0 Å². The van der Waals surface area contributed by atoms with Crippen LogP contribution in [0.5, 0.6) is 17.2 Å². The number of ether oxygens (including phenoxy) is 2. The summed E-state index contributed by atoms with van der Waals surface area (Å²) in [5.74, 6) is 1.40. The van der Waals surface area contributed by atoms with Gasteiger partial charge in [-0.15, -0.1) is 0 Å². The molecule has 28 heavy (non-hydrogen) atoms. The van der Waals surface area contributed by atoms with Crippen molar-refractivity contribution in [3.63, 3.8) is 0 Å². The van der Waals surface area contributed by atoms with Crippen LogP contribution in [0.1, 0.15) is 24.0 Å². The molecular weight excluding hydrogens is 358 g/mol. The number of benzene rings is 2. The number of aryl methyl sites for hydroxylation is 1. The molecule has 0 bridgehead atoms. The maximum atomic E-state index is 10.9. The fourth-order valence-electron chi connectivity index (χ4n) is 4.37. The lowest BCUT2D eigenvalue weighted by Crippen LogP contribution is -2.57. The maximum absolute atomic E-state index is 10.9. The molecule has 4 unspecified atom stereocenters. The largest absolute Gasteiger partial charge is 0.508 e. The van der Waals surface area contributed by atoms with Gasteiger partial charge < -0.3 is 30.5 Å². The first-order valence-electron chi connectivity index (χ1n) is 9.79. The number of hydrogen-bond acceptors (Lipinski definition) is 6. The summed E-state index contributed by atoms with van der Waals surface area (Å²) in [5.41, 5.74) is 7.04. The Morgan fingerprint density at radius 1 is 1.14 bits per heavy atom. The van der Waals surface area contributed by atoms with Crippen molar-refractivity contribution >= 4 is 0 Å². The second-order valence-electron chi connectivity index (χ2n) is 7.83. The van der Waals surface area contributed by atoms with E-state index in [0.29, 0.717) is 18.6 Å². The van der Waals surface area contributed by atoms with Gasteiger partial charge in [-0.1, -0.05) is 18.2 Å². The van der Waals surface area contributed by atoms with Gasteiger partial charge >= 0.3 is 0 Å². The van der Waals surface area contributed by atoms with Gasteiger partial charge in [0.2, 0.25) is 0 Å². The van der Waals surface area contributed by atoms with Crippen LogP contribution in [-0.2, 0) is 12.8 Å². The Hall–Kier alpha value is -2.28. The Kier molecular flexibility index (Phi) is 5.19. The Labute approximate surface area is 164 Å². The highest BCUT2D eigenvalue weighted by atomic mass is 16.5. The fourth-order valence-corrected chi connectivity index (χ4v) is 4.37. The molecule has 2 aromatic carbocycles. The molecule has 0 saturated heterocycles. The highest BCUT2D eigenvalue weighted by molar-refractivity contribution is 5.42. The molecule has 0 aromatic heterocycles. The third kappa shape index (κ3) is 3.43. The van der Waals surface area contributed by atoms with Crippen molar-refractivity contribution in [2.24, 2.45) is 11.7 Å². The molecule has 2 aliphatic heterocycles. The van der Waals surface area contributed by atoms with E-state index in [4.69, 9.17) is 15.2 Å². The van der Waals surface area contributed by atoms with Crippen molar-refractivity contribution in [1.29, 1.82) is 0 Å². The topological polar surface area (TPSA) is 105 Å². The SMILES string of the molecule is NCC1(CO)Oc2ccc(O)cc2CC1CC(O)C1CCc2ccccc2O1. The van der Waals surface area contributed by atoms with Crippen LogP contribution in [0.2, 0.25) is 0 Å². The van der Waals surface area contributed by atoms with E-state index in [2.05, 4.69) is 0 Å². The van der Waals surface area contributed by atoms with Gasteiger partial charge in [0.25, 0.3) is 0 Å². The Morgan fingerprint density at radius 2 is 1.96 bits per heavy atom. The zero-order valence-electron chi connectivity index (χ0n) is 15.8. The molecule has 2 heterocycles. The second kappa shape index (κ2) is 7.62. The van der Waals surface area contributed by atoms with Crippen LogP contribution < -0.4 is 15.2 Å². The van der Waals surface area contributed by atoms with E-state index in [0.717, 1.165) is 29.7 Å². The van der Waals surface area contributed by atoms with E-state index in [1.807, 2.05) is 24.3 Å². The number of hydrogen-bond donors (Lipinski definition) is 4. The molecule has 6 nitrogen and oxygen atoms in total. The van der Waals surface area contributed by atoms with Gasteiger partial charge in [0.1, 0.15) is 29.0 Å². The minimum atomic E-state index is -0.961. The van der Waals surface area contributed by atoms with E-state index >= 15 is 0 Å². The van der Waals surface area contributed by atoms with Gasteiger partial charge in [-0.2, -0.15) is 0 Å². The van der Waals surface area contributed by atoms with Crippen LogP contribution in [0.15, 0.2) is 42.5 Å². The van der Waals surface area contributed by atoms with Crippen LogP contribution >= 0.6 is 0 Å². The van der Waals surface area contributed by atoms with Crippen LogP contribution in [0.4, 0.5) is 0 Å². The van der Waals surface area contributed by atoms with Crippen LogP contribution in [0.25, 0.3) is 0 Å². The summed E-state index contributed by atoms with van der Waals surface area (Å²) in [6.07, 6.45) is 1.52. The Bertz CT molecular complexity index is 835.